The molecule has 1 fully saturated rings. The highest BCUT2D eigenvalue weighted by atomic mass is 16.2. The van der Waals surface area contributed by atoms with Crippen LogP contribution in [0, 0.1) is 11.8 Å². The van der Waals surface area contributed by atoms with E-state index in [0.717, 1.165) is 32.2 Å². The zero-order chi connectivity index (χ0) is 19.0. The lowest BCUT2D eigenvalue weighted by Crippen LogP contribution is -2.56. The van der Waals surface area contributed by atoms with Gasteiger partial charge in [-0.25, -0.2) is 0 Å². The molecule has 0 bridgehead atoms. The van der Waals surface area contributed by atoms with Crippen molar-refractivity contribution in [3.05, 3.63) is 12.2 Å². The molecule has 5 heteroatoms. The van der Waals surface area contributed by atoms with E-state index in [9.17, 15) is 9.59 Å². The van der Waals surface area contributed by atoms with E-state index in [1.54, 1.807) is 11.9 Å². The third-order valence-corrected chi connectivity index (χ3v) is 5.57. The Morgan fingerprint density at radius 3 is 2.52 bits per heavy atom. The molecule has 0 spiro atoms. The third-order valence-electron chi connectivity index (χ3n) is 5.57. The minimum absolute atomic E-state index is 0.00450. The van der Waals surface area contributed by atoms with Crippen LogP contribution < -0.4 is 5.32 Å². The van der Waals surface area contributed by atoms with Gasteiger partial charge in [0.05, 0.1) is 6.04 Å². The van der Waals surface area contributed by atoms with Crippen molar-refractivity contribution in [2.45, 2.75) is 65.5 Å². The van der Waals surface area contributed by atoms with Crippen LogP contribution in [0.1, 0.15) is 53.4 Å². The fourth-order valence-electron chi connectivity index (χ4n) is 3.43. The number of carbonyl (C=O) groups excluding carboxylic acids is 2. The summed E-state index contributed by atoms with van der Waals surface area (Å²) >= 11 is 0. The number of likely N-dealkylation sites (N-methyl/N-ethyl adjacent to an activating group) is 2. The molecule has 0 aromatic heterocycles. The molecule has 25 heavy (non-hydrogen) atoms. The molecule has 1 aliphatic rings. The van der Waals surface area contributed by atoms with E-state index in [0.29, 0.717) is 12.5 Å². The number of hydrogen-bond donors (Lipinski definition) is 1. The first kappa shape index (κ1) is 21.7. The largest absolute Gasteiger partial charge is 0.343 e. The van der Waals surface area contributed by atoms with E-state index in [2.05, 4.69) is 24.1 Å². The Hall–Kier alpha value is -1.36. The molecule has 144 valence electrons. The van der Waals surface area contributed by atoms with Gasteiger partial charge in [0.25, 0.3) is 0 Å². The van der Waals surface area contributed by atoms with Crippen molar-refractivity contribution >= 4 is 11.8 Å². The predicted molar refractivity (Wildman–Crippen MR) is 103 cm³/mol. The molecule has 0 aromatic rings. The maximum atomic E-state index is 12.8. The second-order valence-electron chi connectivity index (χ2n) is 7.47. The molecule has 1 N–H and O–H groups in total. The van der Waals surface area contributed by atoms with Gasteiger partial charge in [0, 0.05) is 20.1 Å². The summed E-state index contributed by atoms with van der Waals surface area (Å²) in [5, 5.41) is 3.06. The van der Waals surface area contributed by atoms with Crippen molar-refractivity contribution in [2.75, 3.05) is 27.2 Å². The van der Waals surface area contributed by atoms with Crippen LogP contribution >= 0.6 is 0 Å². The quantitative estimate of drug-likeness (QED) is 0.684. The van der Waals surface area contributed by atoms with Gasteiger partial charge in [0.1, 0.15) is 6.04 Å². The Balaban J connectivity index is 2.77. The van der Waals surface area contributed by atoms with Crippen molar-refractivity contribution in [2.24, 2.45) is 11.8 Å². The molecule has 0 aromatic carbocycles. The van der Waals surface area contributed by atoms with Crippen molar-refractivity contribution in [1.82, 2.24) is 15.1 Å². The lowest BCUT2D eigenvalue weighted by atomic mass is 9.90. The third kappa shape index (κ3) is 6.14. The van der Waals surface area contributed by atoms with Gasteiger partial charge in [-0.2, -0.15) is 0 Å². The molecule has 1 aliphatic heterocycles. The second-order valence-corrected chi connectivity index (χ2v) is 7.47. The number of nitrogens with zero attached hydrogens (tertiary/aromatic N) is 2. The summed E-state index contributed by atoms with van der Waals surface area (Å²) < 4.78 is 0. The van der Waals surface area contributed by atoms with Gasteiger partial charge >= 0.3 is 0 Å². The Bertz CT molecular complexity index is 464. The summed E-state index contributed by atoms with van der Waals surface area (Å²) in [6, 6.07) is -0.576. The van der Waals surface area contributed by atoms with E-state index in [1.165, 1.54) is 0 Å². The summed E-state index contributed by atoms with van der Waals surface area (Å²) in [4.78, 5) is 29.5. The Morgan fingerprint density at radius 1 is 1.32 bits per heavy atom. The topological polar surface area (TPSA) is 52.7 Å². The summed E-state index contributed by atoms with van der Waals surface area (Å²) in [7, 11) is 3.81. The van der Waals surface area contributed by atoms with Gasteiger partial charge in [-0.1, -0.05) is 45.8 Å². The average molecular weight is 352 g/mol. The number of nitrogens with one attached hydrogen (secondary N) is 1. The fourth-order valence-corrected chi connectivity index (χ4v) is 3.43. The van der Waals surface area contributed by atoms with Crippen molar-refractivity contribution in [3.8, 4) is 0 Å². The number of carbonyl (C=O) groups is 2. The van der Waals surface area contributed by atoms with Crippen LogP contribution in [0.15, 0.2) is 12.2 Å². The average Bonchev–Trinajstić information content (AvgIpc) is 2.62. The zero-order valence-corrected chi connectivity index (χ0v) is 16.9. The maximum Gasteiger partial charge on any atom is 0.245 e. The minimum Gasteiger partial charge on any atom is -0.343 e. The van der Waals surface area contributed by atoms with Crippen molar-refractivity contribution < 1.29 is 9.59 Å². The highest BCUT2D eigenvalue weighted by molar-refractivity contribution is 5.90. The predicted octanol–water partition coefficient (Wildman–Crippen LogP) is 2.67. The molecule has 5 nitrogen and oxygen atoms in total. The molecule has 0 radical (unpaired) electrons. The van der Waals surface area contributed by atoms with E-state index < -0.39 is 6.04 Å². The lowest BCUT2D eigenvalue weighted by Gasteiger charge is -2.37. The van der Waals surface area contributed by atoms with E-state index in [-0.39, 0.29) is 23.8 Å². The smallest absolute Gasteiger partial charge is 0.245 e. The molecule has 2 unspecified atom stereocenters. The number of likely N-dealkylation sites (tertiary alicyclic amines) is 1. The Kier molecular flexibility index (Phi) is 9.19. The first-order chi connectivity index (χ1) is 11.8. The van der Waals surface area contributed by atoms with Crippen LogP contribution in [0.5, 0.6) is 0 Å². The molecule has 0 aliphatic carbocycles. The number of amides is 2. The van der Waals surface area contributed by atoms with Gasteiger partial charge in [-0.05, 0) is 38.6 Å². The summed E-state index contributed by atoms with van der Waals surface area (Å²) in [5.41, 5.74) is 0. The summed E-state index contributed by atoms with van der Waals surface area (Å²) in [6.07, 6.45) is 7.85. The van der Waals surface area contributed by atoms with Crippen LogP contribution in [0.3, 0.4) is 0 Å². The number of hydrogen-bond acceptors (Lipinski definition) is 3. The zero-order valence-electron chi connectivity index (χ0n) is 16.9. The monoisotopic (exact) mass is 351 g/mol. The number of allylic oxidation sites excluding steroid dienone is 1. The highest BCUT2D eigenvalue weighted by Crippen LogP contribution is 2.23. The summed E-state index contributed by atoms with van der Waals surface area (Å²) in [5.74, 6) is 0.774. The van der Waals surface area contributed by atoms with Crippen molar-refractivity contribution in [3.63, 3.8) is 0 Å². The molecular formula is C20H37N3O2. The van der Waals surface area contributed by atoms with Crippen LogP contribution in [0.4, 0.5) is 0 Å². The van der Waals surface area contributed by atoms with Crippen LogP contribution in [0.25, 0.3) is 0 Å². The Morgan fingerprint density at radius 2 is 2.00 bits per heavy atom. The first-order valence-corrected chi connectivity index (χ1v) is 9.72. The first-order valence-electron chi connectivity index (χ1n) is 9.72. The second kappa shape index (κ2) is 10.6. The van der Waals surface area contributed by atoms with Crippen molar-refractivity contribution in [1.29, 1.82) is 0 Å². The van der Waals surface area contributed by atoms with Crippen LogP contribution in [0.2, 0.25) is 0 Å². The fraction of sp³-hybridized carbons (Fsp3) is 0.800. The van der Waals surface area contributed by atoms with Crippen LogP contribution in [-0.2, 0) is 9.59 Å². The number of rotatable bonds is 8. The van der Waals surface area contributed by atoms with E-state index in [4.69, 9.17) is 0 Å². The molecule has 1 rings (SSSR count). The van der Waals surface area contributed by atoms with Gasteiger partial charge in [0.2, 0.25) is 11.8 Å². The summed E-state index contributed by atoms with van der Waals surface area (Å²) in [6.45, 7) is 9.76. The SMILES string of the molecule is C/C=C\CN(C)C(=O)C(NC(=O)[C@@H]1CC[C@H](CC)CN1C)C(C)CC. The Labute approximate surface area is 153 Å². The molecular weight excluding hydrogens is 314 g/mol. The highest BCUT2D eigenvalue weighted by Gasteiger charge is 2.34. The van der Waals surface area contributed by atoms with E-state index >= 15 is 0 Å². The molecule has 2 amide bonds. The molecule has 0 saturated carbocycles. The van der Waals surface area contributed by atoms with Crippen LogP contribution in [-0.4, -0.2) is 60.9 Å². The number of piperidine rings is 1. The van der Waals surface area contributed by atoms with Gasteiger partial charge < -0.3 is 10.2 Å². The molecule has 4 atom stereocenters. The minimum atomic E-state index is -0.454. The standard InChI is InChI=1S/C20H37N3O2/c1-7-10-13-22(5)20(25)18(15(4)8-2)21-19(24)17-12-11-16(9-3)14-23(17)6/h7,10,15-18H,8-9,11-14H2,1-6H3,(H,21,24)/b10-7-/t15?,16-,17-,18?/m0/s1. The van der Waals surface area contributed by atoms with Gasteiger partial charge in [0.15, 0.2) is 0 Å². The normalized spacial score (nSPS) is 24.1. The molecule has 1 saturated heterocycles. The van der Waals surface area contributed by atoms with Gasteiger partial charge in [-0.3, -0.25) is 14.5 Å². The maximum absolute atomic E-state index is 12.8. The van der Waals surface area contributed by atoms with Gasteiger partial charge in [-0.15, -0.1) is 0 Å². The lowest BCUT2D eigenvalue weighted by molar-refractivity contribution is -0.138. The van der Waals surface area contributed by atoms with E-state index in [1.807, 2.05) is 33.0 Å². The molecule has 1 heterocycles.